The molecule has 0 radical (unpaired) electrons. The minimum Gasteiger partial charge on any atom is -0.293 e. The third-order valence-electron chi connectivity index (χ3n) is 3.53. The van der Waals surface area contributed by atoms with E-state index < -0.39 is 17.6 Å². The minimum atomic E-state index is -0.424. The molecule has 0 saturated carbocycles. The van der Waals surface area contributed by atoms with E-state index in [2.05, 4.69) is 10.9 Å². The third-order valence-corrected chi connectivity index (χ3v) is 3.89. The summed E-state index contributed by atoms with van der Waals surface area (Å²) in [5.41, 5.74) is 6.48. The van der Waals surface area contributed by atoms with Crippen LogP contribution in [-0.4, -0.2) is 30.3 Å². The first-order valence-electron chi connectivity index (χ1n) is 7.64. The quantitative estimate of drug-likeness (QED) is 0.803. The predicted octanol–water partition coefficient (Wildman–Crippen LogP) is 2.68. The van der Waals surface area contributed by atoms with Gasteiger partial charge in [-0.1, -0.05) is 35.4 Å². The average molecular weight is 364 g/mol. The van der Waals surface area contributed by atoms with Gasteiger partial charge in [0.1, 0.15) is 5.82 Å². The molecule has 2 aromatic rings. The van der Waals surface area contributed by atoms with Gasteiger partial charge in [-0.2, -0.15) is 0 Å². The van der Waals surface area contributed by atoms with Gasteiger partial charge in [0.15, 0.2) is 0 Å². The molecule has 25 heavy (non-hydrogen) atoms. The van der Waals surface area contributed by atoms with Gasteiger partial charge in [-0.05, 0) is 38.2 Å². The molecule has 0 aliphatic carbocycles. The monoisotopic (exact) mass is 363 g/mol. The second-order valence-corrected chi connectivity index (χ2v) is 6.15. The summed E-state index contributed by atoms with van der Waals surface area (Å²) in [6.07, 6.45) is 0. The molecule has 2 amide bonds. The molecule has 7 heteroatoms. The number of hydrogen-bond donors (Lipinski definition) is 2. The zero-order chi connectivity index (χ0) is 18.4. The van der Waals surface area contributed by atoms with Crippen LogP contribution in [0.15, 0.2) is 42.5 Å². The van der Waals surface area contributed by atoms with Crippen LogP contribution in [0.3, 0.4) is 0 Å². The molecule has 0 saturated heterocycles. The summed E-state index contributed by atoms with van der Waals surface area (Å²) in [5, 5.41) is 0.305. The molecule has 0 spiro atoms. The molecule has 132 valence electrons. The Balaban J connectivity index is 1.83. The Morgan fingerprint density at radius 2 is 1.80 bits per heavy atom. The van der Waals surface area contributed by atoms with Gasteiger partial charge in [0.2, 0.25) is 0 Å². The number of benzene rings is 2. The van der Waals surface area contributed by atoms with E-state index in [9.17, 15) is 14.0 Å². The molecule has 0 unspecified atom stereocenters. The molecule has 0 heterocycles. The van der Waals surface area contributed by atoms with Gasteiger partial charge < -0.3 is 0 Å². The molecule has 2 rings (SSSR count). The first kappa shape index (κ1) is 18.9. The summed E-state index contributed by atoms with van der Waals surface area (Å²) in [6.45, 7) is 2.06. The first-order chi connectivity index (χ1) is 11.9. The Morgan fingerprint density at radius 1 is 1.12 bits per heavy atom. The molecule has 0 atom stereocenters. The fraction of sp³-hybridized carbons (Fsp3) is 0.222. The van der Waals surface area contributed by atoms with E-state index in [0.717, 1.165) is 5.56 Å². The zero-order valence-corrected chi connectivity index (χ0v) is 14.7. The summed E-state index contributed by atoms with van der Waals surface area (Å²) in [7, 11) is 1.66. The lowest BCUT2D eigenvalue weighted by Crippen LogP contribution is -2.45. The largest absolute Gasteiger partial charge is 0.293 e. The van der Waals surface area contributed by atoms with Gasteiger partial charge in [-0.15, -0.1) is 0 Å². The molecule has 2 N–H and O–H groups in total. The van der Waals surface area contributed by atoms with Crippen LogP contribution in [0.5, 0.6) is 0 Å². The van der Waals surface area contributed by atoms with Gasteiger partial charge in [0.05, 0.1) is 6.54 Å². The number of amides is 2. The molecule has 0 aliphatic heterocycles. The highest BCUT2D eigenvalue weighted by atomic mass is 35.5. The van der Waals surface area contributed by atoms with E-state index in [-0.39, 0.29) is 13.1 Å². The standard InChI is InChI=1S/C18H19ClFN3O2/c1-12-6-8-13(9-7-12)18(25)22-21-17(24)11-23(2)10-14-15(19)4-3-5-16(14)20/h3-9H,10-11H2,1-2H3,(H,21,24)(H,22,25). The Labute approximate surface area is 150 Å². The van der Waals surface area contributed by atoms with Crippen molar-refractivity contribution >= 4 is 23.4 Å². The van der Waals surface area contributed by atoms with Crippen LogP contribution < -0.4 is 10.9 Å². The maximum absolute atomic E-state index is 13.7. The number of rotatable bonds is 5. The number of carbonyl (C=O) groups is 2. The Bertz CT molecular complexity index is 745. The highest BCUT2D eigenvalue weighted by Gasteiger charge is 2.13. The summed E-state index contributed by atoms with van der Waals surface area (Å²) < 4.78 is 13.7. The third kappa shape index (κ3) is 5.55. The number of carbonyl (C=O) groups excluding carboxylic acids is 2. The zero-order valence-electron chi connectivity index (χ0n) is 14.0. The maximum Gasteiger partial charge on any atom is 0.269 e. The van der Waals surface area contributed by atoms with Crippen LogP contribution in [0.25, 0.3) is 0 Å². The molecule has 0 aromatic heterocycles. The number of aryl methyl sites for hydroxylation is 1. The second-order valence-electron chi connectivity index (χ2n) is 5.74. The average Bonchev–Trinajstić information content (AvgIpc) is 2.57. The molecule has 2 aromatic carbocycles. The van der Waals surface area contributed by atoms with Gasteiger partial charge in [0.25, 0.3) is 11.8 Å². The van der Waals surface area contributed by atoms with Crippen molar-refractivity contribution in [2.45, 2.75) is 13.5 Å². The highest BCUT2D eigenvalue weighted by Crippen LogP contribution is 2.20. The number of nitrogens with zero attached hydrogens (tertiary/aromatic N) is 1. The Hall–Kier alpha value is -2.44. The molecule has 5 nitrogen and oxygen atoms in total. The topological polar surface area (TPSA) is 61.4 Å². The van der Waals surface area contributed by atoms with Crippen molar-refractivity contribution in [1.29, 1.82) is 0 Å². The van der Waals surface area contributed by atoms with Crippen LogP contribution in [0.4, 0.5) is 4.39 Å². The van der Waals surface area contributed by atoms with Crippen LogP contribution >= 0.6 is 11.6 Å². The molecule has 0 bridgehead atoms. The van der Waals surface area contributed by atoms with E-state index in [4.69, 9.17) is 11.6 Å². The minimum absolute atomic E-state index is 0.0289. The number of halogens is 2. The molecular weight excluding hydrogens is 345 g/mol. The Kier molecular flexibility index (Phi) is 6.50. The lowest BCUT2D eigenvalue weighted by Gasteiger charge is -2.17. The van der Waals surface area contributed by atoms with Crippen molar-refractivity contribution in [3.05, 3.63) is 70.0 Å². The molecule has 0 aliphatic rings. The smallest absolute Gasteiger partial charge is 0.269 e. The maximum atomic E-state index is 13.7. The lowest BCUT2D eigenvalue weighted by molar-refractivity contribution is -0.122. The van der Waals surface area contributed by atoms with Crippen molar-refractivity contribution in [2.75, 3.05) is 13.6 Å². The van der Waals surface area contributed by atoms with E-state index in [1.165, 1.54) is 12.1 Å². The number of hydrazine groups is 1. The SMILES string of the molecule is Cc1ccc(C(=O)NNC(=O)CN(C)Cc2c(F)cccc2Cl)cc1. The summed E-state index contributed by atoms with van der Waals surface area (Å²) in [6, 6.07) is 11.4. The Morgan fingerprint density at radius 3 is 2.44 bits per heavy atom. The molecule has 0 fully saturated rings. The normalized spacial score (nSPS) is 10.6. The number of hydrogen-bond acceptors (Lipinski definition) is 3. The fourth-order valence-electron chi connectivity index (χ4n) is 2.20. The summed E-state index contributed by atoms with van der Waals surface area (Å²) in [5.74, 6) is -1.25. The second kappa shape index (κ2) is 8.60. The number of likely N-dealkylation sites (N-methyl/N-ethyl adjacent to an activating group) is 1. The van der Waals surface area contributed by atoms with Gasteiger partial charge in [-0.3, -0.25) is 25.3 Å². The summed E-state index contributed by atoms with van der Waals surface area (Å²) in [4.78, 5) is 25.4. The van der Waals surface area contributed by atoms with Crippen LogP contribution in [0.2, 0.25) is 5.02 Å². The van der Waals surface area contributed by atoms with E-state index in [1.54, 1.807) is 30.1 Å². The van der Waals surface area contributed by atoms with Gasteiger partial charge in [0, 0.05) is 22.7 Å². The van der Waals surface area contributed by atoms with Crippen molar-refractivity contribution < 1.29 is 14.0 Å². The lowest BCUT2D eigenvalue weighted by atomic mass is 10.1. The van der Waals surface area contributed by atoms with Crippen molar-refractivity contribution in [2.24, 2.45) is 0 Å². The first-order valence-corrected chi connectivity index (χ1v) is 8.02. The fourth-order valence-corrected chi connectivity index (χ4v) is 2.42. The van der Waals surface area contributed by atoms with Crippen molar-refractivity contribution in [3.8, 4) is 0 Å². The van der Waals surface area contributed by atoms with Crippen LogP contribution in [0, 0.1) is 12.7 Å². The van der Waals surface area contributed by atoms with Crippen molar-refractivity contribution in [3.63, 3.8) is 0 Å². The van der Waals surface area contributed by atoms with Gasteiger partial charge >= 0.3 is 0 Å². The molecular formula is C18H19ClFN3O2. The van der Waals surface area contributed by atoms with E-state index in [0.29, 0.717) is 16.1 Å². The van der Waals surface area contributed by atoms with Gasteiger partial charge in [-0.25, -0.2) is 4.39 Å². The number of nitrogens with one attached hydrogen (secondary N) is 2. The van der Waals surface area contributed by atoms with E-state index >= 15 is 0 Å². The predicted molar refractivity (Wildman–Crippen MR) is 94.5 cm³/mol. The summed E-state index contributed by atoms with van der Waals surface area (Å²) >= 11 is 5.97. The van der Waals surface area contributed by atoms with Crippen molar-refractivity contribution in [1.82, 2.24) is 15.8 Å². The van der Waals surface area contributed by atoms with Crippen LogP contribution in [0.1, 0.15) is 21.5 Å². The van der Waals surface area contributed by atoms with Crippen LogP contribution in [-0.2, 0) is 11.3 Å². The van der Waals surface area contributed by atoms with E-state index in [1.807, 2.05) is 19.1 Å². The highest BCUT2D eigenvalue weighted by molar-refractivity contribution is 6.31.